The van der Waals surface area contributed by atoms with Crippen LogP contribution in [0, 0.1) is 0 Å². The van der Waals surface area contributed by atoms with Crippen molar-refractivity contribution in [1.82, 2.24) is 9.97 Å². The molecule has 0 bridgehead atoms. The van der Waals surface area contributed by atoms with E-state index in [0.717, 1.165) is 4.90 Å². The third kappa shape index (κ3) is 3.83. The smallest absolute Gasteiger partial charge is 0.338 e. The van der Waals surface area contributed by atoms with Crippen molar-refractivity contribution < 1.29 is 19.1 Å². The first kappa shape index (κ1) is 21.8. The first-order valence-corrected chi connectivity index (χ1v) is 10.7. The molecule has 0 radical (unpaired) electrons. The van der Waals surface area contributed by atoms with Gasteiger partial charge in [0.05, 0.1) is 33.3 Å². The lowest BCUT2D eigenvalue weighted by atomic mass is 10.1. The number of aromatic nitrogens is 2. The monoisotopic (exact) mass is 493 g/mol. The molecule has 0 unspecified atom stereocenters. The third-order valence-electron chi connectivity index (χ3n) is 5.26. The van der Waals surface area contributed by atoms with Crippen LogP contribution in [0.25, 0.3) is 10.9 Å². The third-order valence-corrected chi connectivity index (χ3v) is 5.75. The van der Waals surface area contributed by atoms with Gasteiger partial charge in [-0.3, -0.25) is 14.4 Å². The number of ether oxygens (including phenoxy) is 1. The summed E-state index contributed by atoms with van der Waals surface area (Å²) in [6.07, 6.45) is 0. The van der Waals surface area contributed by atoms with E-state index in [9.17, 15) is 19.2 Å². The van der Waals surface area contributed by atoms with Gasteiger partial charge in [0.25, 0.3) is 17.4 Å². The first-order chi connectivity index (χ1) is 16.3. The summed E-state index contributed by atoms with van der Waals surface area (Å²) in [5.74, 6) is -1.68. The van der Waals surface area contributed by atoms with Gasteiger partial charge in [-0.15, -0.1) is 0 Å². The Kier molecular flexibility index (Phi) is 5.39. The van der Waals surface area contributed by atoms with Crippen LogP contribution >= 0.6 is 23.2 Å². The van der Waals surface area contributed by atoms with Crippen LogP contribution in [0.3, 0.4) is 0 Å². The van der Waals surface area contributed by atoms with E-state index < -0.39 is 23.3 Å². The number of rotatable bonds is 4. The fourth-order valence-electron chi connectivity index (χ4n) is 3.64. The number of nitrogens with one attached hydrogen (secondary N) is 1. The molecule has 34 heavy (non-hydrogen) atoms. The zero-order valence-electron chi connectivity index (χ0n) is 17.2. The highest BCUT2D eigenvalue weighted by Gasteiger charge is 2.37. The van der Waals surface area contributed by atoms with Gasteiger partial charge in [0.15, 0.2) is 0 Å². The van der Waals surface area contributed by atoms with Crippen molar-refractivity contribution in [3.05, 3.63) is 104 Å². The van der Waals surface area contributed by atoms with Gasteiger partial charge in [-0.1, -0.05) is 23.2 Å². The maximum Gasteiger partial charge on any atom is 0.338 e. The van der Waals surface area contributed by atoms with Gasteiger partial charge in [0, 0.05) is 10.0 Å². The number of hydrogen-bond acceptors (Lipinski definition) is 6. The lowest BCUT2D eigenvalue weighted by Gasteiger charge is -2.13. The summed E-state index contributed by atoms with van der Waals surface area (Å²) >= 11 is 11.8. The van der Waals surface area contributed by atoms with Crippen molar-refractivity contribution in [2.24, 2.45) is 0 Å². The molecule has 0 saturated heterocycles. The van der Waals surface area contributed by atoms with Crippen LogP contribution in [0.15, 0.2) is 65.5 Å². The van der Waals surface area contributed by atoms with E-state index in [1.54, 1.807) is 36.4 Å². The summed E-state index contributed by atoms with van der Waals surface area (Å²) in [4.78, 5) is 58.3. The molecule has 0 atom stereocenters. The minimum atomic E-state index is -0.748. The second-order valence-corrected chi connectivity index (χ2v) is 8.31. The molecule has 1 N–H and O–H groups in total. The minimum absolute atomic E-state index is 0.0732. The van der Waals surface area contributed by atoms with Crippen molar-refractivity contribution in [3.8, 4) is 0 Å². The molecule has 1 aliphatic rings. The number of anilines is 1. The summed E-state index contributed by atoms with van der Waals surface area (Å²) in [5, 5.41) is 1.24. The molecule has 4 aromatic rings. The zero-order chi connectivity index (χ0) is 24.0. The average molecular weight is 494 g/mol. The van der Waals surface area contributed by atoms with Crippen LogP contribution in [0.5, 0.6) is 0 Å². The van der Waals surface area contributed by atoms with E-state index in [0.29, 0.717) is 26.6 Å². The van der Waals surface area contributed by atoms with E-state index in [1.807, 2.05) is 0 Å². The Morgan fingerprint density at radius 2 is 1.59 bits per heavy atom. The SMILES string of the molecule is O=C(OCc1nc2cc(Cl)ccc2c(=O)[nH]1)c1ccc2c(c1)C(=O)N(c1ccc(Cl)cc1)C2=O. The van der Waals surface area contributed by atoms with Crippen LogP contribution in [0.2, 0.25) is 10.0 Å². The second-order valence-electron chi connectivity index (χ2n) is 7.43. The molecule has 10 heteroatoms. The number of aromatic amines is 1. The lowest BCUT2D eigenvalue weighted by molar-refractivity contribution is 0.0462. The largest absolute Gasteiger partial charge is 0.454 e. The van der Waals surface area contributed by atoms with Crippen molar-refractivity contribution in [1.29, 1.82) is 0 Å². The summed E-state index contributed by atoms with van der Waals surface area (Å²) in [6, 6.07) is 15.0. The van der Waals surface area contributed by atoms with Crippen molar-refractivity contribution in [2.75, 3.05) is 4.90 Å². The minimum Gasteiger partial charge on any atom is -0.454 e. The van der Waals surface area contributed by atoms with E-state index in [2.05, 4.69) is 9.97 Å². The van der Waals surface area contributed by atoms with E-state index in [-0.39, 0.29) is 29.1 Å². The standard InChI is InChI=1S/C24H13Cl2N3O5/c25-13-2-5-15(6-3-13)29-22(31)16-7-1-12(9-18(16)23(29)32)24(33)34-11-20-27-19-10-14(26)4-8-17(19)21(30)28-20/h1-10H,11H2,(H,27,28,30). The number of halogens is 2. The molecule has 0 saturated carbocycles. The molecule has 0 fully saturated rings. The molecule has 168 valence electrons. The molecule has 2 amide bonds. The summed E-state index contributed by atoms with van der Waals surface area (Å²) < 4.78 is 5.27. The van der Waals surface area contributed by atoms with Gasteiger partial charge in [-0.2, -0.15) is 0 Å². The van der Waals surface area contributed by atoms with E-state index >= 15 is 0 Å². The number of benzene rings is 3. The van der Waals surface area contributed by atoms with Gasteiger partial charge in [-0.05, 0) is 60.7 Å². The number of carbonyl (C=O) groups excluding carboxylic acids is 3. The topological polar surface area (TPSA) is 109 Å². The van der Waals surface area contributed by atoms with Crippen LogP contribution in [0.1, 0.15) is 36.9 Å². The van der Waals surface area contributed by atoms with Crippen LogP contribution < -0.4 is 10.5 Å². The molecular formula is C24H13Cl2N3O5. The molecule has 1 aliphatic heterocycles. The summed E-state index contributed by atoms with van der Waals surface area (Å²) in [5.41, 5.74) is 0.674. The van der Waals surface area contributed by atoms with Crippen molar-refractivity contribution in [3.63, 3.8) is 0 Å². The number of fused-ring (bicyclic) bond motifs is 2. The van der Waals surface area contributed by atoms with Crippen LogP contribution in [-0.2, 0) is 11.3 Å². The average Bonchev–Trinajstić information content (AvgIpc) is 3.07. The molecule has 5 rings (SSSR count). The molecule has 8 nitrogen and oxygen atoms in total. The highest BCUT2D eigenvalue weighted by atomic mass is 35.5. The quantitative estimate of drug-likeness (QED) is 0.333. The highest BCUT2D eigenvalue weighted by molar-refractivity contribution is 6.35. The Morgan fingerprint density at radius 3 is 2.35 bits per heavy atom. The van der Waals surface area contributed by atoms with Gasteiger partial charge in [-0.25, -0.2) is 14.7 Å². The Labute approximate surface area is 201 Å². The van der Waals surface area contributed by atoms with Crippen LogP contribution in [0.4, 0.5) is 5.69 Å². The zero-order valence-corrected chi connectivity index (χ0v) is 18.7. The number of amides is 2. The Bertz CT molecular complexity index is 1560. The molecule has 2 heterocycles. The fraction of sp³-hybridized carbons (Fsp3) is 0.0417. The maximum absolute atomic E-state index is 12.9. The Hall–Kier alpha value is -4.01. The predicted molar refractivity (Wildman–Crippen MR) is 126 cm³/mol. The molecule has 1 aromatic heterocycles. The molecule has 0 aliphatic carbocycles. The normalized spacial score (nSPS) is 12.8. The second kappa shape index (κ2) is 8.40. The number of imide groups is 1. The number of hydrogen-bond donors (Lipinski definition) is 1. The number of esters is 1. The number of H-pyrrole nitrogens is 1. The van der Waals surface area contributed by atoms with Crippen LogP contribution in [-0.4, -0.2) is 27.8 Å². The number of nitrogens with zero attached hydrogens (tertiary/aromatic N) is 2. The van der Waals surface area contributed by atoms with Crippen molar-refractivity contribution in [2.45, 2.75) is 6.61 Å². The van der Waals surface area contributed by atoms with Gasteiger partial charge in [0.2, 0.25) is 0 Å². The maximum atomic E-state index is 12.9. The Morgan fingerprint density at radius 1 is 0.882 bits per heavy atom. The van der Waals surface area contributed by atoms with Gasteiger partial charge >= 0.3 is 5.97 Å². The van der Waals surface area contributed by atoms with Gasteiger partial charge < -0.3 is 9.72 Å². The number of carbonyl (C=O) groups is 3. The highest BCUT2D eigenvalue weighted by Crippen LogP contribution is 2.30. The summed E-state index contributed by atoms with van der Waals surface area (Å²) in [7, 11) is 0. The van der Waals surface area contributed by atoms with E-state index in [1.165, 1.54) is 24.3 Å². The van der Waals surface area contributed by atoms with Crippen molar-refractivity contribution >= 4 is 57.6 Å². The first-order valence-electron chi connectivity index (χ1n) is 9.96. The summed E-state index contributed by atoms with van der Waals surface area (Å²) in [6.45, 7) is -0.308. The molecule has 0 spiro atoms. The predicted octanol–water partition coefficient (Wildman–Crippen LogP) is 4.39. The fourth-order valence-corrected chi connectivity index (χ4v) is 3.93. The molecular weight excluding hydrogens is 481 g/mol. The van der Waals surface area contributed by atoms with Gasteiger partial charge in [0.1, 0.15) is 12.4 Å². The van der Waals surface area contributed by atoms with E-state index in [4.69, 9.17) is 27.9 Å². The molecule has 3 aromatic carbocycles. The Balaban J connectivity index is 1.36. The lowest BCUT2D eigenvalue weighted by Crippen LogP contribution is -2.29.